The number of carbonyl (C=O) groups is 2. The number of nitrogens with zero attached hydrogens (tertiary/aromatic N) is 1. The number of esters is 1. The Morgan fingerprint density at radius 2 is 1.80 bits per heavy atom. The normalized spacial score (nSPS) is 10.3. The van der Waals surface area contributed by atoms with Crippen LogP contribution in [-0.4, -0.2) is 17.0 Å². The van der Waals surface area contributed by atoms with Gasteiger partial charge < -0.3 is 14.6 Å². The summed E-state index contributed by atoms with van der Waals surface area (Å²) >= 11 is 0. The largest absolute Gasteiger partial charge is 0.455 e. The fourth-order valence-corrected chi connectivity index (χ4v) is 2.26. The van der Waals surface area contributed by atoms with E-state index in [4.69, 9.17) is 9.26 Å². The van der Waals surface area contributed by atoms with Crippen LogP contribution < -0.4 is 5.32 Å². The van der Waals surface area contributed by atoms with Crippen LogP contribution in [0.2, 0.25) is 0 Å². The third-order valence-electron chi connectivity index (χ3n) is 3.46. The van der Waals surface area contributed by atoms with Gasteiger partial charge >= 0.3 is 5.97 Å². The van der Waals surface area contributed by atoms with Crippen LogP contribution in [0, 0.1) is 6.92 Å². The monoisotopic (exact) mass is 336 g/mol. The highest BCUT2D eigenvalue weighted by Gasteiger charge is 2.16. The van der Waals surface area contributed by atoms with E-state index in [1.54, 1.807) is 61.5 Å². The van der Waals surface area contributed by atoms with E-state index in [0.29, 0.717) is 22.7 Å². The molecule has 1 N–H and O–H groups in total. The van der Waals surface area contributed by atoms with E-state index < -0.39 is 5.97 Å². The molecule has 1 heterocycles. The summed E-state index contributed by atoms with van der Waals surface area (Å²) in [6.07, 6.45) is 0. The maximum atomic E-state index is 12.3. The van der Waals surface area contributed by atoms with Crippen molar-refractivity contribution in [1.82, 2.24) is 5.16 Å². The molecule has 126 valence electrons. The second-order valence-corrected chi connectivity index (χ2v) is 5.37. The zero-order chi connectivity index (χ0) is 17.6. The SMILES string of the molecule is Cc1cc(COC(=O)c2ccccc2NC(=O)c2ccccc2)no1. The molecule has 1 amide bonds. The number of aryl methyl sites for hydroxylation is 1. The van der Waals surface area contributed by atoms with Gasteiger partial charge in [-0.25, -0.2) is 4.79 Å². The molecule has 0 aliphatic heterocycles. The first kappa shape index (κ1) is 16.4. The van der Waals surface area contributed by atoms with Gasteiger partial charge in [-0.05, 0) is 31.2 Å². The molecule has 0 saturated heterocycles. The molecule has 0 aliphatic rings. The molecule has 0 radical (unpaired) electrons. The molecule has 25 heavy (non-hydrogen) atoms. The minimum Gasteiger partial charge on any atom is -0.455 e. The Kier molecular flexibility index (Phi) is 4.89. The third-order valence-corrected chi connectivity index (χ3v) is 3.46. The lowest BCUT2D eigenvalue weighted by molar-refractivity contribution is 0.0465. The number of aromatic nitrogens is 1. The van der Waals surface area contributed by atoms with Gasteiger partial charge in [-0.1, -0.05) is 35.5 Å². The topological polar surface area (TPSA) is 81.4 Å². The standard InChI is InChI=1S/C19H16N2O4/c1-13-11-15(21-25-13)12-24-19(23)16-9-5-6-10-17(16)20-18(22)14-7-3-2-4-8-14/h2-11H,12H2,1H3,(H,20,22). The van der Waals surface area contributed by atoms with Gasteiger partial charge in [-0.3, -0.25) is 4.79 Å². The summed E-state index contributed by atoms with van der Waals surface area (Å²) in [5, 5.41) is 6.51. The highest BCUT2D eigenvalue weighted by atomic mass is 16.5. The number of carbonyl (C=O) groups excluding carboxylic acids is 2. The molecule has 6 heteroatoms. The molecule has 0 fully saturated rings. The van der Waals surface area contributed by atoms with Gasteiger partial charge in [0.25, 0.3) is 5.91 Å². The van der Waals surface area contributed by atoms with Crippen LogP contribution in [0.25, 0.3) is 0 Å². The van der Waals surface area contributed by atoms with Crippen LogP contribution in [0.3, 0.4) is 0 Å². The van der Waals surface area contributed by atoms with Crippen molar-refractivity contribution in [2.75, 3.05) is 5.32 Å². The molecule has 0 saturated carbocycles. The number of hydrogen-bond acceptors (Lipinski definition) is 5. The molecule has 0 unspecified atom stereocenters. The second kappa shape index (κ2) is 7.44. The minimum atomic E-state index is -0.551. The first-order valence-corrected chi connectivity index (χ1v) is 7.68. The molecule has 3 rings (SSSR count). The number of benzene rings is 2. The quantitative estimate of drug-likeness (QED) is 0.720. The smallest absolute Gasteiger partial charge is 0.340 e. The van der Waals surface area contributed by atoms with Gasteiger partial charge in [0.05, 0.1) is 11.3 Å². The summed E-state index contributed by atoms with van der Waals surface area (Å²) in [6.45, 7) is 1.75. The zero-order valence-electron chi connectivity index (χ0n) is 13.6. The first-order valence-electron chi connectivity index (χ1n) is 7.68. The highest BCUT2D eigenvalue weighted by molar-refractivity contribution is 6.07. The van der Waals surface area contributed by atoms with E-state index in [9.17, 15) is 9.59 Å². The lowest BCUT2D eigenvalue weighted by atomic mass is 10.1. The summed E-state index contributed by atoms with van der Waals surface area (Å²) in [5.41, 5.74) is 1.69. The van der Waals surface area contributed by atoms with E-state index >= 15 is 0 Å². The van der Waals surface area contributed by atoms with Crippen molar-refractivity contribution < 1.29 is 18.8 Å². The molecule has 0 spiro atoms. The van der Waals surface area contributed by atoms with E-state index in [1.165, 1.54) is 0 Å². The Balaban J connectivity index is 1.71. The zero-order valence-corrected chi connectivity index (χ0v) is 13.6. The number of amides is 1. The van der Waals surface area contributed by atoms with Crippen molar-refractivity contribution in [3.8, 4) is 0 Å². The Bertz CT molecular complexity index is 887. The van der Waals surface area contributed by atoms with Gasteiger partial charge in [-0.2, -0.15) is 0 Å². The van der Waals surface area contributed by atoms with Crippen LogP contribution in [0.4, 0.5) is 5.69 Å². The molecule has 0 atom stereocenters. The Hall–Kier alpha value is -3.41. The van der Waals surface area contributed by atoms with Crippen LogP contribution in [-0.2, 0) is 11.3 Å². The average Bonchev–Trinajstić information content (AvgIpc) is 3.06. The summed E-state index contributed by atoms with van der Waals surface area (Å²) in [6, 6.07) is 17.1. The summed E-state index contributed by atoms with van der Waals surface area (Å²) < 4.78 is 10.2. The number of para-hydroxylation sites is 1. The van der Waals surface area contributed by atoms with Gasteiger partial charge in [-0.15, -0.1) is 0 Å². The third kappa shape index (κ3) is 4.11. The molecule has 1 aromatic heterocycles. The maximum absolute atomic E-state index is 12.3. The average molecular weight is 336 g/mol. The predicted molar refractivity (Wildman–Crippen MR) is 91.2 cm³/mol. The number of rotatable bonds is 5. The fraction of sp³-hybridized carbons (Fsp3) is 0.105. The second-order valence-electron chi connectivity index (χ2n) is 5.37. The van der Waals surface area contributed by atoms with Crippen molar-refractivity contribution in [3.05, 3.63) is 83.2 Å². The van der Waals surface area contributed by atoms with Crippen LogP contribution in [0.5, 0.6) is 0 Å². The van der Waals surface area contributed by atoms with Crippen molar-refractivity contribution in [2.24, 2.45) is 0 Å². The lowest BCUT2D eigenvalue weighted by Gasteiger charge is -2.10. The molecule has 3 aromatic rings. The molecule has 0 aliphatic carbocycles. The van der Waals surface area contributed by atoms with E-state index in [1.807, 2.05) is 6.07 Å². The maximum Gasteiger partial charge on any atom is 0.340 e. The van der Waals surface area contributed by atoms with Crippen molar-refractivity contribution >= 4 is 17.6 Å². The Morgan fingerprint density at radius 3 is 2.52 bits per heavy atom. The molecule has 2 aromatic carbocycles. The van der Waals surface area contributed by atoms with Gasteiger partial charge in [0.1, 0.15) is 18.1 Å². The van der Waals surface area contributed by atoms with Gasteiger partial charge in [0, 0.05) is 11.6 Å². The highest BCUT2D eigenvalue weighted by Crippen LogP contribution is 2.18. The predicted octanol–water partition coefficient (Wildman–Crippen LogP) is 3.59. The summed E-state index contributed by atoms with van der Waals surface area (Å²) in [7, 11) is 0. The summed E-state index contributed by atoms with van der Waals surface area (Å²) in [4.78, 5) is 24.6. The summed E-state index contributed by atoms with van der Waals surface area (Å²) in [5.74, 6) is -0.209. The Labute approximate surface area is 144 Å². The van der Waals surface area contributed by atoms with Gasteiger partial charge in [0.2, 0.25) is 0 Å². The van der Waals surface area contributed by atoms with Crippen molar-refractivity contribution in [1.29, 1.82) is 0 Å². The van der Waals surface area contributed by atoms with Crippen LogP contribution >= 0.6 is 0 Å². The van der Waals surface area contributed by atoms with Crippen LogP contribution in [0.15, 0.2) is 65.2 Å². The molecule has 0 bridgehead atoms. The number of anilines is 1. The van der Waals surface area contributed by atoms with Crippen LogP contribution in [0.1, 0.15) is 32.2 Å². The number of ether oxygens (including phenoxy) is 1. The van der Waals surface area contributed by atoms with E-state index in [2.05, 4.69) is 10.5 Å². The van der Waals surface area contributed by atoms with E-state index in [0.717, 1.165) is 0 Å². The fourth-order valence-electron chi connectivity index (χ4n) is 2.26. The first-order chi connectivity index (χ1) is 12.1. The van der Waals surface area contributed by atoms with E-state index in [-0.39, 0.29) is 18.1 Å². The molecular formula is C19H16N2O4. The van der Waals surface area contributed by atoms with Crippen molar-refractivity contribution in [3.63, 3.8) is 0 Å². The lowest BCUT2D eigenvalue weighted by Crippen LogP contribution is -2.15. The van der Waals surface area contributed by atoms with Crippen molar-refractivity contribution in [2.45, 2.75) is 13.5 Å². The molecular weight excluding hydrogens is 320 g/mol. The van der Waals surface area contributed by atoms with Gasteiger partial charge in [0.15, 0.2) is 0 Å². The minimum absolute atomic E-state index is 0.00284. The number of hydrogen-bond donors (Lipinski definition) is 1. The molecule has 6 nitrogen and oxygen atoms in total. The Morgan fingerprint density at radius 1 is 1.08 bits per heavy atom. The number of nitrogens with one attached hydrogen (secondary N) is 1.